The number of nitrogens with one attached hydrogen (secondary N) is 1. The van der Waals surface area contributed by atoms with Crippen LogP contribution in [0.1, 0.15) is 12.0 Å². The zero-order valence-electron chi connectivity index (χ0n) is 6.87. The van der Waals surface area contributed by atoms with E-state index in [4.69, 9.17) is 15.8 Å². The highest BCUT2D eigenvalue weighted by atomic mass is 35.7. The molecule has 0 saturated carbocycles. The fourth-order valence-corrected chi connectivity index (χ4v) is 1.95. The molecule has 5 nitrogen and oxygen atoms in total. The van der Waals surface area contributed by atoms with Gasteiger partial charge in [-0.15, -0.1) is 0 Å². The molecule has 0 spiro atoms. The fourth-order valence-electron chi connectivity index (χ4n) is 0.918. The van der Waals surface area contributed by atoms with Crippen molar-refractivity contribution in [3.63, 3.8) is 0 Å². The fraction of sp³-hybridized carbons (Fsp3) is 0.167. The number of aromatic amines is 1. The highest BCUT2D eigenvalue weighted by Gasteiger charge is 2.27. The van der Waals surface area contributed by atoms with Crippen molar-refractivity contribution in [3.8, 4) is 5.75 Å². The van der Waals surface area contributed by atoms with E-state index in [1.807, 2.05) is 4.98 Å². The maximum atomic E-state index is 12.3. The highest BCUT2D eigenvalue weighted by molar-refractivity contribution is 8.13. The standard InChI is InChI=1S/C6H4ClF2NO4S/c7-15(13,14)6-3(5(8)9)4(12)2(11)1-10-6/h1,5,11H,(H,10,12). The molecule has 0 unspecified atom stereocenters. The largest absolute Gasteiger partial charge is 0.503 e. The van der Waals surface area contributed by atoms with E-state index >= 15 is 0 Å². The summed E-state index contributed by atoms with van der Waals surface area (Å²) < 4.78 is 46.3. The maximum absolute atomic E-state index is 12.3. The number of halogens is 3. The van der Waals surface area contributed by atoms with Crippen LogP contribution in [-0.4, -0.2) is 18.5 Å². The molecule has 9 heteroatoms. The van der Waals surface area contributed by atoms with Gasteiger partial charge < -0.3 is 10.1 Å². The Hall–Kier alpha value is -1.15. The predicted octanol–water partition coefficient (Wildman–Crippen LogP) is 0.946. The number of pyridine rings is 1. The molecule has 0 radical (unpaired) electrons. The van der Waals surface area contributed by atoms with Gasteiger partial charge in [-0.05, 0) is 0 Å². The Morgan fingerprint density at radius 2 is 2.00 bits per heavy atom. The molecule has 0 atom stereocenters. The Labute approximate surface area is 86.7 Å². The minimum absolute atomic E-state index is 0.573. The molecule has 0 aromatic carbocycles. The highest BCUT2D eigenvalue weighted by Crippen LogP contribution is 2.25. The summed E-state index contributed by atoms with van der Waals surface area (Å²) in [7, 11) is 0.327. The molecule has 0 aliphatic carbocycles. The van der Waals surface area contributed by atoms with E-state index < -0.39 is 37.2 Å². The zero-order chi connectivity index (χ0) is 11.8. The molecule has 0 aliphatic rings. The minimum atomic E-state index is -4.49. The smallest absolute Gasteiger partial charge is 0.277 e. The third-order valence-electron chi connectivity index (χ3n) is 1.52. The van der Waals surface area contributed by atoms with E-state index in [1.165, 1.54) is 0 Å². The molecule has 15 heavy (non-hydrogen) atoms. The normalized spacial score (nSPS) is 12.0. The molecular formula is C6H4ClF2NO4S. The number of rotatable bonds is 2. The topological polar surface area (TPSA) is 87.2 Å². The summed E-state index contributed by atoms with van der Waals surface area (Å²) in [6.07, 6.45) is -2.78. The third-order valence-corrected chi connectivity index (χ3v) is 2.81. The van der Waals surface area contributed by atoms with E-state index in [2.05, 4.69) is 0 Å². The number of hydrogen-bond acceptors (Lipinski definition) is 4. The molecule has 1 rings (SSSR count). The summed E-state index contributed by atoms with van der Waals surface area (Å²) in [5.41, 5.74) is -2.84. The quantitative estimate of drug-likeness (QED) is 0.774. The van der Waals surface area contributed by atoms with E-state index in [-0.39, 0.29) is 0 Å². The van der Waals surface area contributed by atoms with Crippen LogP contribution in [0, 0.1) is 0 Å². The first-order chi connectivity index (χ1) is 6.75. The predicted molar refractivity (Wildman–Crippen MR) is 46.7 cm³/mol. The molecule has 1 heterocycles. The summed E-state index contributed by atoms with van der Waals surface area (Å²) in [6.45, 7) is 0. The van der Waals surface area contributed by atoms with Crippen molar-refractivity contribution in [3.05, 3.63) is 22.0 Å². The zero-order valence-corrected chi connectivity index (χ0v) is 8.44. The van der Waals surface area contributed by atoms with Gasteiger partial charge in [0.2, 0.25) is 5.43 Å². The molecule has 1 aromatic heterocycles. The van der Waals surface area contributed by atoms with Gasteiger partial charge in [0.05, 0.1) is 0 Å². The van der Waals surface area contributed by atoms with Crippen LogP contribution in [0.25, 0.3) is 0 Å². The van der Waals surface area contributed by atoms with Crippen molar-refractivity contribution in [2.75, 3.05) is 0 Å². The molecule has 1 aromatic rings. The summed E-state index contributed by atoms with van der Waals surface area (Å²) >= 11 is 0. The van der Waals surface area contributed by atoms with Gasteiger partial charge in [0, 0.05) is 16.9 Å². The van der Waals surface area contributed by atoms with Gasteiger partial charge in [0.15, 0.2) is 10.8 Å². The third kappa shape index (κ3) is 2.26. The number of hydrogen-bond donors (Lipinski definition) is 2. The van der Waals surface area contributed by atoms with E-state index in [9.17, 15) is 22.0 Å². The number of H-pyrrole nitrogens is 1. The van der Waals surface area contributed by atoms with Gasteiger partial charge in [0.1, 0.15) is 5.56 Å². The van der Waals surface area contributed by atoms with Crippen LogP contribution < -0.4 is 5.43 Å². The van der Waals surface area contributed by atoms with Gasteiger partial charge >= 0.3 is 0 Å². The lowest BCUT2D eigenvalue weighted by atomic mass is 10.3. The number of aromatic nitrogens is 1. The molecule has 0 fully saturated rings. The summed E-state index contributed by atoms with van der Waals surface area (Å²) in [6, 6.07) is 0. The second kappa shape index (κ2) is 3.78. The van der Waals surface area contributed by atoms with Gasteiger partial charge in [-0.1, -0.05) is 0 Å². The molecular weight excluding hydrogens is 256 g/mol. The lowest BCUT2D eigenvalue weighted by molar-refractivity contribution is 0.145. The Morgan fingerprint density at radius 3 is 2.40 bits per heavy atom. The van der Waals surface area contributed by atoms with Crippen LogP contribution in [0.4, 0.5) is 8.78 Å². The van der Waals surface area contributed by atoms with E-state index in [0.29, 0.717) is 6.20 Å². The first-order valence-electron chi connectivity index (χ1n) is 3.42. The van der Waals surface area contributed by atoms with Gasteiger partial charge in [0.25, 0.3) is 15.5 Å². The summed E-state index contributed by atoms with van der Waals surface area (Å²) in [4.78, 5) is 12.8. The van der Waals surface area contributed by atoms with Crippen LogP contribution >= 0.6 is 10.7 Å². The van der Waals surface area contributed by atoms with Crippen molar-refractivity contribution in [2.45, 2.75) is 11.5 Å². The van der Waals surface area contributed by atoms with Crippen LogP contribution in [0.3, 0.4) is 0 Å². The lowest BCUT2D eigenvalue weighted by Crippen LogP contribution is -2.15. The first kappa shape index (κ1) is 11.9. The van der Waals surface area contributed by atoms with Crippen molar-refractivity contribution in [1.29, 1.82) is 0 Å². The molecule has 0 amide bonds. The van der Waals surface area contributed by atoms with Crippen molar-refractivity contribution < 1.29 is 22.3 Å². The van der Waals surface area contributed by atoms with Gasteiger partial charge in [-0.2, -0.15) is 0 Å². The van der Waals surface area contributed by atoms with Crippen LogP contribution in [0.15, 0.2) is 16.0 Å². The maximum Gasteiger partial charge on any atom is 0.277 e. The van der Waals surface area contributed by atoms with Gasteiger partial charge in [-0.25, -0.2) is 17.2 Å². The summed E-state index contributed by atoms with van der Waals surface area (Å²) in [5.74, 6) is -1.01. The van der Waals surface area contributed by atoms with E-state index in [1.54, 1.807) is 0 Å². The van der Waals surface area contributed by atoms with Crippen molar-refractivity contribution in [1.82, 2.24) is 4.98 Å². The van der Waals surface area contributed by atoms with Crippen LogP contribution in [-0.2, 0) is 9.05 Å². The molecule has 2 N–H and O–H groups in total. The Bertz CT molecular complexity index is 539. The number of alkyl halides is 2. The van der Waals surface area contributed by atoms with E-state index in [0.717, 1.165) is 0 Å². The van der Waals surface area contributed by atoms with Crippen molar-refractivity contribution >= 4 is 19.7 Å². The average molecular weight is 260 g/mol. The number of aromatic hydroxyl groups is 1. The van der Waals surface area contributed by atoms with Crippen LogP contribution in [0.2, 0.25) is 0 Å². The molecule has 0 saturated heterocycles. The monoisotopic (exact) mass is 259 g/mol. The second-order valence-corrected chi connectivity index (χ2v) is 4.99. The van der Waals surface area contributed by atoms with Crippen molar-refractivity contribution in [2.24, 2.45) is 0 Å². The molecule has 0 bridgehead atoms. The lowest BCUT2D eigenvalue weighted by Gasteiger charge is -2.04. The SMILES string of the molecule is O=c1c(O)c[nH]c(S(=O)(=O)Cl)c1C(F)F. The Balaban J connectivity index is 3.70. The van der Waals surface area contributed by atoms with Crippen LogP contribution in [0.5, 0.6) is 5.75 Å². The Morgan fingerprint density at radius 1 is 1.47 bits per heavy atom. The minimum Gasteiger partial charge on any atom is -0.503 e. The second-order valence-electron chi connectivity index (χ2n) is 2.48. The summed E-state index contributed by atoms with van der Waals surface area (Å²) in [5, 5.41) is 7.71. The molecule has 0 aliphatic heterocycles. The Kier molecular flexibility index (Phi) is 3.00. The molecule has 84 valence electrons. The first-order valence-corrected chi connectivity index (χ1v) is 5.73. The van der Waals surface area contributed by atoms with Gasteiger partial charge in [-0.3, -0.25) is 4.79 Å². The average Bonchev–Trinajstić information content (AvgIpc) is 2.06.